The van der Waals surface area contributed by atoms with Crippen molar-refractivity contribution in [3.05, 3.63) is 41.6 Å². The Bertz CT molecular complexity index is 841. The van der Waals surface area contributed by atoms with Crippen molar-refractivity contribution in [1.29, 1.82) is 0 Å². The number of amides is 2. The summed E-state index contributed by atoms with van der Waals surface area (Å²) in [5.74, 6) is 0.188. The van der Waals surface area contributed by atoms with Crippen molar-refractivity contribution in [2.45, 2.75) is 12.8 Å². The molecule has 1 N–H and O–H groups in total. The van der Waals surface area contributed by atoms with E-state index in [1.165, 1.54) is 0 Å². The largest absolute Gasteiger partial charge is 0.340 e. The Morgan fingerprint density at radius 1 is 1.25 bits per heavy atom. The van der Waals surface area contributed by atoms with Gasteiger partial charge in [-0.05, 0) is 24.6 Å². The maximum absolute atomic E-state index is 12.1. The fourth-order valence-electron chi connectivity index (χ4n) is 3.37. The van der Waals surface area contributed by atoms with E-state index in [-0.39, 0.29) is 18.2 Å². The van der Waals surface area contributed by atoms with Gasteiger partial charge in [0, 0.05) is 36.3 Å². The molecule has 122 valence electrons. The molecule has 0 aliphatic carbocycles. The number of anilines is 1. The summed E-state index contributed by atoms with van der Waals surface area (Å²) in [6, 6.07) is 9.30. The number of hydrogen-bond donors (Lipinski definition) is 1. The van der Waals surface area contributed by atoms with E-state index in [0.29, 0.717) is 30.5 Å². The highest BCUT2D eigenvalue weighted by Gasteiger charge is 2.51. The Hall–Kier alpha value is -2.47. The van der Waals surface area contributed by atoms with Crippen LogP contribution in [0.15, 0.2) is 36.5 Å². The average molecular weight is 343 g/mol. The molecule has 3 heterocycles. The number of nitrogens with zero attached hydrogens (tertiary/aromatic N) is 3. The van der Waals surface area contributed by atoms with E-state index in [1.807, 2.05) is 35.2 Å². The number of aromatic nitrogens is 2. The summed E-state index contributed by atoms with van der Waals surface area (Å²) in [6.07, 6.45) is 2.58. The minimum absolute atomic E-state index is 0.180. The summed E-state index contributed by atoms with van der Waals surface area (Å²) in [5.41, 5.74) is 1.05. The number of carbonyl (C=O) groups is 2. The van der Waals surface area contributed by atoms with Gasteiger partial charge in [0.1, 0.15) is 0 Å². The van der Waals surface area contributed by atoms with Crippen LogP contribution in [0, 0.1) is 5.41 Å². The van der Waals surface area contributed by atoms with Crippen LogP contribution in [0.25, 0.3) is 11.3 Å². The minimum atomic E-state index is -0.632. The quantitative estimate of drug-likeness (QED) is 0.845. The van der Waals surface area contributed by atoms with Gasteiger partial charge in [0.25, 0.3) is 0 Å². The van der Waals surface area contributed by atoms with Crippen LogP contribution in [-0.4, -0.2) is 34.9 Å². The van der Waals surface area contributed by atoms with E-state index in [4.69, 9.17) is 11.6 Å². The molecule has 2 saturated heterocycles. The molecule has 2 aliphatic rings. The summed E-state index contributed by atoms with van der Waals surface area (Å²) in [4.78, 5) is 34.5. The summed E-state index contributed by atoms with van der Waals surface area (Å²) in [6.45, 7) is 1.11. The lowest BCUT2D eigenvalue weighted by Gasteiger charge is -2.20. The molecule has 0 bridgehead atoms. The van der Waals surface area contributed by atoms with E-state index < -0.39 is 5.41 Å². The van der Waals surface area contributed by atoms with Gasteiger partial charge in [-0.2, -0.15) is 0 Å². The van der Waals surface area contributed by atoms with Crippen molar-refractivity contribution >= 4 is 29.4 Å². The normalized spacial score (nSPS) is 23.1. The van der Waals surface area contributed by atoms with Crippen molar-refractivity contribution in [3.8, 4) is 11.3 Å². The fraction of sp³-hybridized carbons (Fsp3) is 0.294. The lowest BCUT2D eigenvalue weighted by atomic mass is 9.85. The molecule has 0 radical (unpaired) electrons. The van der Waals surface area contributed by atoms with Crippen molar-refractivity contribution in [2.24, 2.45) is 5.41 Å². The summed E-state index contributed by atoms with van der Waals surface area (Å²) >= 11 is 6.04. The van der Waals surface area contributed by atoms with Gasteiger partial charge in [-0.3, -0.25) is 14.9 Å². The average Bonchev–Trinajstić information content (AvgIpc) is 3.11. The lowest BCUT2D eigenvalue weighted by molar-refractivity contribution is -0.127. The number of halogens is 1. The van der Waals surface area contributed by atoms with Crippen molar-refractivity contribution in [3.63, 3.8) is 0 Å². The van der Waals surface area contributed by atoms with Gasteiger partial charge in [-0.25, -0.2) is 9.97 Å². The molecule has 2 amide bonds. The van der Waals surface area contributed by atoms with E-state index in [2.05, 4.69) is 15.3 Å². The van der Waals surface area contributed by atoms with Gasteiger partial charge in [0.15, 0.2) is 0 Å². The van der Waals surface area contributed by atoms with Crippen molar-refractivity contribution in [2.75, 3.05) is 18.0 Å². The maximum Gasteiger partial charge on any atom is 0.235 e. The van der Waals surface area contributed by atoms with Gasteiger partial charge in [-0.1, -0.05) is 23.7 Å². The highest BCUT2D eigenvalue weighted by Crippen LogP contribution is 2.38. The summed E-state index contributed by atoms with van der Waals surface area (Å²) in [7, 11) is 0. The first-order chi connectivity index (χ1) is 11.6. The van der Waals surface area contributed by atoms with Crippen LogP contribution >= 0.6 is 11.6 Å². The number of hydrogen-bond acceptors (Lipinski definition) is 5. The first-order valence-corrected chi connectivity index (χ1v) is 8.12. The predicted molar refractivity (Wildman–Crippen MR) is 89.5 cm³/mol. The van der Waals surface area contributed by atoms with Crippen LogP contribution in [0.1, 0.15) is 12.8 Å². The van der Waals surface area contributed by atoms with Gasteiger partial charge < -0.3 is 4.90 Å². The SMILES string of the molecule is O=C1C[C@@]2(CCN(c3nccc(-c4cccc(Cl)c4)n3)C2)C(=O)N1. The van der Waals surface area contributed by atoms with E-state index >= 15 is 0 Å². The molecule has 0 saturated carbocycles. The van der Waals surface area contributed by atoms with E-state index in [0.717, 1.165) is 11.3 Å². The predicted octanol–water partition coefficient (Wildman–Crippen LogP) is 2.04. The number of imide groups is 1. The second-order valence-electron chi connectivity index (χ2n) is 6.26. The molecule has 1 spiro atoms. The van der Waals surface area contributed by atoms with Gasteiger partial charge in [0.05, 0.1) is 11.1 Å². The molecule has 2 aliphatic heterocycles. The fourth-order valence-corrected chi connectivity index (χ4v) is 3.56. The zero-order chi connectivity index (χ0) is 16.7. The first-order valence-electron chi connectivity index (χ1n) is 7.74. The van der Waals surface area contributed by atoms with Crippen molar-refractivity contribution < 1.29 is 9.59 Å². The standard InChI is InChI=1S/C17H15ClN4O2/c18-12-3-1-2-11(8-12)13-4-6-19-16(20-13)22-7-5-17(10-22)9-14(23)21-15(17)24/h1-4,6,8H,5,7,9-10H2,(H,21,23,24)/t17-/m1/s1. The zero-order valence-corrected chi connectivity index (χ0v) is 13.6. The molecule has 6 nitrogen and oxygen atoms in total. The van der Waals surface area contributed by atoms with Crippen LogP contribution in [-0.2, 0) is 9.59 Å². The maximum atomic E-state index is 12.1. The summed E-state index contributed by atoms with van der Waals surface area (Å²) < 4.78 is 0. The van der Waals surface area contributed by atoms with Crippen LogP contribution in [0.2, 0.25) is 5.02 Å². The number of nitrogens with one attached hydrogen (secondary N) is 1. The molecule has 2 aromatic rings. The molecule has 0 unspecified atom stereocenters. The third kappa shape index (κ3) is 2.53. The number of carbonyl (C=O) groups excluding carboxylic acids is 2. The second kappa shape index (κ2) is 5.56. The van der Waals surface area contributed by atoms with Crippen LogP contribution < -0.4 is 10.2 Å². The lowest BCUT2D eigenvalue weighted by Crippen LogP contribution is -2.35. The molecule has 7 heteroatoms. The van der Waals surface area contributed by atoms with Crippen LogP contribution in [0.4, 0.5) is 5.95 Å². The van der Waals surface area contributed by atoms with Crippen LogP contribution in [0.3, 0.4) is 0 Å². The monoisotopic (exact) mass is 342 g/mol. The van der Waals surface area contributed by atoms with Gasteiger partial charge in [0.2, 0.25) is 17.8 Å². The van der Waals surface area contributed by atoms with Crippen molar-refractivity contribution in [1.82, 2.24) is 15.3 Å². The molecule has 1 atom stereocenters. The third-order valence-electron chi connectivity index (χ3n) is 4.63. The molecule has 24 heavy (non-hydrogen) atoms. The zero-order valence-electron chi connectivity index (χ0n) is 12.8. The highest BCUT2D eigenvalue weighted by atomic mass is 35.5. The third-order valence-corrected chi connectivity index (χ3v) is 4.87. The van der Waals surface area contributed by atoms with Crippen LogP contribution in [0.5, 0.6) is 0 Å². The molecular formula is C17H15ClN4O2. The smallest absolute Gasteiger partial charge is 0.235 e. The van der Waals surface area contributed by atoms with Gasteiger partial charge in [-0.15, -0.1) is 0 Å². The molecule has 2 fully saturated rings. The first kappa shape index (κ1) is 15.1. The van der Waals surface area contributed by atoms with E-state index in [1.54, 1.807) is 6.20 Å². The molecular weight excluding hydrogens is 328 g/mol. The Kier molecular flexibility index (Phi) is 3.49. The Balaban J connectivity index is 1.61. The molecule has 1 aromatic carbocycles. The minimum Gasteiger partial charge on any atom is -0.340 e. The van der Waals surface area contributed by atoms with E-state index in [9.17, 15) is 9.59 Å². The Morgan fingerprint density at radius 2 is 2.12 bits per heavy atom. The second-order valence-corrected chi connectivity index (χ2v) is 6.69. The molecule has 4 rings (SSSR count). The topological polar surface area (TPSA) is 75.2 Å². The molecule has 1 aromatic heterocycles. The number of benzene rings is 1. The summed E-state index contributed by atoms with van der Waals surface area (Å²) in [5, 5.41) is 3.05. The number of rotatable bonds is 2. The highest BCUT2D eigenvalue weighted by molar-refractivity contribution is 6.30. The van der Waals surface area contributed by atoms with Gasteiger partial charge >= 0.3 is 0 Å². The Morgan fingerprint density at radius 3 is 2.88 bits per heavy atom. The Labute approximate surface area is 143 Å².